The summed E-state index contributed by atoms with van der Waals surface area (Å²) in [5.41, 5.74) is -0.924. The number of aryl methyl sites for hydroxylation is 1. The highest BCUT2D eigenvalue weighted by molar-refractivity contribution is 7.32. The zero-order valence-electron chi connectivity index (χ0n) is 10.5. The summed E-state index contributed by atoms with van der Waals surface area (Å²) in [6.45, 7) is 1.12. The van der Waals surface area contributed by atoms with Crippen LogP contribution in [0.2, 0.25) is 0 Å². The molecule has 2 heterocycles. The summed E-state index contributed by atoms with van der Waals surface area (Å²) < 4.78 is 34.9. The molecule has 0 bridgehead atoms. The lowest BCUT2D eigenvalue weighted by Crippen LogP contribution is -2.33. The molecule has 1 aliphatic heterocycles. The van der Waals surface area contributed by atoms with Crippen LogP contribution in [-0.4, -0.2) is 33.3 Å². The summed E-state index contributed by atoms with van der Waals surface area (Å²) in [5.74, 6) is 0. The van der Waals surface area contributed by atoms with Crippen LogP contribution in [0.15, 0.2) is 15.8 Å². The topological polar surface area (TPSA) is 111 Å². The Morgan fingerprint density at radius 3 is 3.00 bits per heavy atom. The quantitative estimate of drug-likeness (QED) is 0.765. The summed E-state index contributed by atoms with van der Waals surface area (Å²) >= 11 is 0. The molecule has 1 aliphatic rings. The zero-order valence-corrected chi connectivity index (χ0v) is 11.4. The van der Waals surface area contributed by atoms with Crippen molar-refractivity contribution in [2.24, 2.45) is 0 Å². The van der Waals surface area contributed by atoms with Gasteiger partial charge in [0.15, 0.2) is 0 Å². The summed E-state index contributed by atoms with van der Waals surface area (Å²) in [7, 11) is -2.83. The van der Waals surface area contributed by atoms with E-state index in [-0.39, 0.29) is 13.0 Å². The largest absolute Gasteiger partial charge is 0.694 e. The Hall–Kier alpha value is -1.41. The summed E-state index contributed by atoms with van der Waals surface area (Å²) in [6, 6.07) is 0. The molecule has 1 unspecified atom stereocenters. The van der Waals surface area contributed by atoms with E-state index < -0.39 is 38.0 Å². The van der Waals surface area contributed by atoms with Crippen molar-refractivity contribution in [2.75, 3.05) is 6.61 Å². The van der Waals surface area contributed by atoms with Crippen LogP contribution in [0.1, 0.15) is 18.2 Å². The number of nitrogens with zero attached hydrogens (tertiary/aromatic N) is 1. The normalized spacial score (nSPS) is 26.8. The lowest BCUT2D eigenvalue weighted by molar-refractivity contribution is -0.0311. The number of hydrogen-bond acceptors (Lipinski definition) is 5. The molecule has 10 heteroatoms. The van der Waals surface area contributed by atoms with Crippen LogP contribution < -0.4 is 11.2 Å². The van der Waals surface area contributed by atoms with Crippen molar-refractivity contribution in [3.8, 4) is 0 Å². The van der Waals surface area contributed by atoms with E-state index >= 15 is 0 Å². The fraction of sp³-hybridized carbons (Fsp3) is 0.600. The molecule has 1 saturated heterocycles. The highest BCUT2D eigenvalue weighted by atomic mass is 31.1. The van der Waals surface area contributed by atoms with Gasteiger partial charge in [0.2, 0.25) is 0 Å². The fourth-order valence-corrected chi connectivity index (χ4v) is 2.22. The number of rotatable bonds is 4. The predicted octanol–water partition coefficient (Wildman–Crippen LogP) is 0.137. The van der Waals surface area contributed by atoms with Crippen molar-refractivity contribution in [1.29, 1.82) is 0 Å². The van der Waals surface area contributed by atoms with Gasteiger partial charge in [0, 0.05) is 22.7 Å². The molecule has 0 amide bonds. The Bertz CT molecular complexity index is 629. The van der Waals surface area contributed by atoms with Crippen LogP contribution in [0, 0.1) is 6.92 Å². The van der Waals surface area contributed by atoms with Gasteiger partial charge in [-0.2, -0.15) is 0 Å². The molecule has 0 radical (unpaired) electrons. The molecule has 1 aromatic heterocycles. The van der Waals surface area contributed by atoms with E-state index in [9.17, 15) is 18.5 Å². The van der Waals surface area contributed by atoms with Crippen molar-refractivity contribution < 1.29 is 23.1 Å². The van der Waals surface area contributed by atoms with Gasteiger partial charge >= 0.3 is 13.9 Å². The van der Waals surface area contributed by atoms with Crippen molar-refractivity contribution >= 4 is 8.25 Å². The van der Waals surface area contributed by atoms with Crippen molar-refractivity contribution in [3.63, 3.8) is 0 Å². The third kappa shape index (κ3) is 3.18. The molecule has 8 nitrogen and oxygen atoms in total. The fourth-order valence-electron chi connectivity index (χ4n) is 1.95. The smallest absolute Gasteiger partial charge is 0.349 e. The second-order valence-electron chi connectivity index (χ2n) is 4.39. The minimum Gasteiger partial charge on any atom is -0.349 e. The zero-order chi connectivity index (χ0) is 14.9. The molecule has 4 atom stereocenters. The standard InChI is InChI=1S/C10H12FN2O6P/c1-5-3-13(10(15)12-9(5)14)8-2-6(11)7(19-8)4-18-20(16)17/h3,6-8H,2,4H2,1H3,(H-,12,14,15,16,17)/p+1/t6-,7+,8+/m0/s1. The van der Waals surface area contributed by atoms with Crippen LogP contribution in [0.3, 0.4) is 0 Å². The number of H-pyrrole nitrogens is 1. The minimum absolute atomic E-state index is 0.109. The van der Waals surface area contributed by atoms with Gasteiger partial charge in [-0.25, -0.2) is 9.18 Å². The number of aromatic amines is 1. The van der Waals surface area contributed by atoms with Gasteiger partial charge in [-0.15, -0.1) is 9.42 Å². The van der Waals surface area contributed by atoms with E-state index in [0.717, 1.165) is 4.57 Å². The first-order valence-corrected chi connectivity index (χ1v) is 6.92. The van der Waals surface area contributed by atoms with Crippen LogP contribution in [0.5, 0.6) is 0 Å². The van der Waals surface area contributed by atoms with Gasteiger partial charge in [-0.05, 0) is 6.92 Å². The first-order chi connectivity index (χ1) is 9.38. The number of aromatic nitrogens is 2. The number of nitrogens with one attached hydrogen (secondary N) is 1. The van der Waals surface area contributed by atoms with Gasteiger partial charge in [0.05, 0.1) is 0 Å². The lowest BCUT2D eigenvalue weighted by Gasteiger charge is -2.14. The second kappa shape index (κ2) is 5.92. The maximum Gasteiger partial charge on any atom is 0.694 e. The van der Waals surface area contributed by atoms with Crippen molar-refractivity contribution in [3.05, 3.63) is 32.6 Å². The monoisotopic (exact) mass is 307 g/mol. The van der Waals surface area contributed by atoms with E-state index in [2.05, 4.69) is 9.51 Å². The Kier molecular flexibility index (Phi) is 4.44. The van der Waals surface area contributed by atoms with E-state index in [1.54, 1.807) is 0 Å². The molecule has 110 valence electrons. The lowest BCUT2D eigenvalue weighted by atomic mass is 10.2. The van der Waals surface area contributed by atoms with Gasteiger partial charge in [-0.1, -0.05) is 0 Å². The first kappa shape index (κ1) is 15.0. The SMILES string of the molecule is Cc1cn([C@H]2C[C@H](F)[C@@H](CO[P+](=O)O)O2)c(=O)[nH]c1=O. The Balaban J connectivity index is 2.16. The van der Waals surface area contributed by atoms with Gasteiger partial charge in [0.1, 0.15) is 25.1 Å². The van der Waals surface area contributed by atoms with Gasteiger partial charge in [0.25, 0.3) is 5.56 Å². The molecular weight excluding hydrogens is 294 g/mol. The number of halogens is 1. The third-order valence-corrected chi connectivity index (χ3v) is 3.34. The summed E-state index contributed by atoms with van der Waals surface area (Å²) in [4.78, 5) is 33.5. The molecule has 0 aliphatic carbocycles. The molecule has 2 rings (SSSR count). The van der Waals surface area contributed by atoms with Crippen LogP contribution >= 0.6 is 8.25 Å². The molecule has 0 spiro atoms. The maximum atomic E-state index is 13.7. The van der Waals surface area contributed by atoms with Crippen molar-refractivity contribution in [1.82, 2.24) is 9.55 Å². The Morgan fingerprint density at radius 1 is 1.65 bits per heavy atom. The van der Waals surface area contributed by atoms with Crippen LogP contribution in [0.25, 0.3) is 0 Å². The number of hydrogen-bond donors (Lipinski definition) is 2. The third-order valence-electron chi connectivity index (χ3n) is 2.97. The molecule has 20 heavy (non-hydrogen) atoms. The van der Waals surface area contributed by atoms with Crippen LogP contribution in [-0.2, 0) is 13.8 Å². The second-order valence-corrected chi connectivity index (χ2v) is 5.13. The Labute approximate surface area is 113 Å². The van der Waals surface area contributed by atoms with E-state index in [0.29, 0.717) is 5.56 Å². The molecule has 2 N–H and O–H groups in total. The van der Waals surface area contributed by atoms with Crippen molar-refractivity contribution in [2.45, 2.75) is 31.8 Å². The van der Waals surface area contributed by atoms with Crippen LogP contribution in [0.4, 0.5) is 4.39 Å². The number of alkyl halides is 1. The summed E-state index contributed by atoms with van der Waals surface area (Å²) in [5, 5.41) is 0. The minimum atomic E-state index is -2.83. The average Bonchev–Trinajstić information content (AvgIpc) is 2.72. The molecule has 1 fully saturated rings. The van der Waals surface area contributed by atoms with E-state index in [1.165, 1.54) is 13.1 Å². The van der Waals surface area contributed by atoms with Gasteiger partial charge in [-0.3, -0.25) is 14.3 Å². The van der Waals surface area contributed by atoms with E-state index in [4.69, 9.17) is 9.63 Å². The highest BCUT2D eigenvalue weighted by Gasteiger charge is 2.39. The maximum absolute atomic E-state index is 13.7. The highest BCUT2D eigenvalue weighted by Crippen LogP contribution is 2.31. The average molecular weight is 307 g/mol. The molecule has 0 aromatic carbocycles. The molecule has 1 aromatic rings. The Morgan fingerprint density at radius 2 is 2.35 bits per heavy atom. The first-order valence-electron chi connectivity index (χ1n) is 5.79. The molecule has 0 saturated carbocycles. The molecular formula is C10H13FN2O6P+. The predicted molar refractivity (Wildman–Crippen MR) is 65.3 cm³/mol. The summed E-state index contributed by atoms with van der Waals surface area (Å²) in [6.07, 6.45) is -2.19. The van der Waals surface area contributed by atoms with Gasteiger partial charge < -0.3 is 4.74 Å². The van der Waals surface area contributed by atoms with E-state index in [1.807, 2.05) is 0 Å². The number of ether oxygens (including phenoxy) is 1.